The SMILES string of the molecule is CCOC(=O)C(c1nc(Br)sc1C)N(CC)CC#N. The zero-order valence-corrected chi connectivity index (χ0v) is 13.5. The quantitative estimate of drug-likeness (QED) is 0.585. The van der Waals surface area contributed by atoms with Gasteiger partial charge in [-0.25, -0.2) is 9.78 Å². The molecule has 0 aliphatic heterocycles. The Bertz CT molecular complexity index is 484. The monoisotopic (exact) mass is 345 g/mol. The molecule has 1 rings (SSSR count). The molecule has 0 saturated carbocycles. The van der Waals surface area contributed by atoms with Gasteiger partial charge in [-0.05, 0) is 36.3 Å². The first-order valence-electron chi connectivity index (χ1n) is 5.95. The van der Waals surface area contributed by atoms with Gasteiger partial charge < -0.3 is 4.74 Å². The number of thiazole rings is 1. The predicted octanol–water partition coefficient (Wildman–Crippen LogP) is 2.66. The van der Waals surface area contributed by atoms with Crippen LogP contribution in [0.2, 0.25) is 0 Å². The molecule has 19 heavy (non-hydrogen) atoms. The maximum Gasteiger partial charge on any atom is 0.329 e. The Morgan fingerprint density at radius 3 is 2.74 bits per heavy atom. The first kappa shape index (κ1) is 16.1. The van der Waals surface area contributed by atoms with Crippen LogP contribution in [0.25, 0.3) is 0 Å². The molecule has 1 aromatic rings. The van der Waals surface area contributed by atoms with Gasteiger partial charge in [0.2, 0.25) is 0 Å². The predicted molar refractivity (Wildman–Crippen MR) is 76.8 cm³/mol. The van der Waals surface area contributed by atoms with E-state index >= 15 is 0 Å². The molecule has 0 fully saturated rings. The maximum absolute atomic E-state index is 12.2. The third-order valence-corrected chi connectivity index (χ3v) is 4.06. The third kappa shape index (κ3) is 4.00. The molecule has 1 unspecified atom stereocenters. The second-order valence-electron chi connectivity index (χ2n) is 3.78. The summed E-state index contributed by atoms with van der Waals surface area (Å²) in [5, 5.41) is 8.88. The fourth-order valence-electron chi connectivity index (χ4n) is 1.76. The Morgan fingerprint density at radius 1 is 1.63 bits per heavy atom. The van der Waals surface area contributed by atoms with Gasteiger partial charge in [-0.1, -0.05) is 6.92 Å². The van der Waals surface area contributed by atoms with Crippen molar-refractivity contribution in [2.24, 2.45) is 0 Å². The number of nitriles is 1. The minimum Gasteiger partial charge on any atom is -0.465 e. The third-order valence-electron chi connectivity index (χ3n) is 2.62. The molecule has 0 radical (unpaired) electrons. The average Bonchev–Trinajstić information content (AvgIpc) is 2.68. The van der Waals surface area contributed by atoms with Crippen molar-refractivity contribution in [3.63, 3.8) is 0 Å². The van der Waals surface area contributed by atoms with Crippen molar-refractivity contribution in [2.75, 3.05) is 19.7 Å². The highest BCUT2D eigenvalue weighted by atomic mass is 79.9. The van der Waals surface area contributed by atoms with E-state index in [0.717, 1.165) is 8.79 Å². The van der Waals surface area contributed by atoms with Crippen LogP contribution in [-0.2, 0) is 9.53 Å². The van der Waals surface area contributed by atoms with Crippen molar-refractivity contribution in [1.82, 2.24) is 9.88 Å². The number of esters is 1. The number of carbonyl (C=O) groups excluding carboxylic acids is 1. The molecule has 104 valence electrons. The standard InChI is InChI=1S/C12H16BrN3O2S/c1-4-16(7-6-14)10(11(17)18-5-2)9-8(3)19-12(13)15-9/h10H,4-5,7H2,1-3H3. The van der Waals surface area contributed by atoms with Crippen molar-refractivity contribution in [1.29, 1.82) is 5.26 Å². The number of carbonyl (C=O) groups is 1. The van der Waals surface area contributed by atoms with E-state index in [0.29, 0.717) is 18.8 Å². The maximum atomic E-state index is 12.2. The summed E-state index contributed by atoms with van der Waals surface area (Å²) in [6, 6.07) is 1.46. The Morgan fingerprint density at radius 2 is 2.32 bits per heavy atom. The van der Waals surface area contributed by atoms with Gasteiger partial charge in [-0.3, -0.25) is 4.90 Å². The summed E-state index contributed by atoms with van der Waals surface area (Å²) in [4.78, 5) is 19.2. The van der Waals surface area contributed by atoms with Crippen LogP contribution in [0.5, 0.6) is 0 Å². The molecule has 0 saturated heterocycles. The van der Waals surface area contributed by atoms with Crippen LogP contribution in [0.1, 0.15) is 30.5 Å². The Kier molecular flexibility index (Phi) is 6.42. The van der Waals surface area contributed by atoms with Crippen molar-refractivity contribution in [3.8, 4) is 6.07 Å². The first-order valence-corrected chi connectivity index (χ1v) is 7.56. The lowest BCUT2D eigenvalue weighted by Crippen LogP contribution is -2.36. The molecule has 1 aromatic heterocycles. The summed E-state index contributed by atoms with van der Waals surface area (Å²) in [6.45, 7) is 6.62. The lowest BCUT2D eigenvalue weighted by Gasteiger charge is -2.25. The molecule has 0 aliphatic rings. The summed E-state index contributed by atoms with van der Waals surface area (Å²) in [5.74, 6) is -0.361. The molecule has 0 bridgehead atoms. The summed E-state index contributed by atoms with van der Waals surface area (Å²) in [7, 11) is 0. The van der Waals surface area contributed by atoms with E-state index in [-0.39, 0.29) is 12.5 Å². The van der Waals surface area contributed by atoms with E-state index in [1.165, 1.54) is 11.3 Å². The van der Waals surface area contributed by atoms with Crippen LogP contribution in [-0.4, -0.2) is 35.5 Å². The molecular formula is C12H16BrN3O2S. The highest BCUT2D eigenvalue weighted by molar-refractivity contribution is 9.11. The van der Waals surface area contributed by atoms with Crippen molar-refractivity contribution in [2.45, 2.75) is 26.8 Å². The lowest BCUT2D eigenvalue weighted by atomic mass is 10.1. The summed E-state index contributed by atoms with van der Waals surface area (Å²) in [6.07, 6.45) is 0. The van der Waals surface area contributed by atoms with E-state index in [9.17, 15) is 4.79 Å². The number of ether oxygens (including phenoxy) is 1. The van der Waals surface area contributed by atoms with Gasteiger partial charge in [0.25, 0.3) is 0 Å². The van der Waals surface area contributed by atoms with Crippen molar-refractivity contribution >= 4 is 33.2 Å². The minimum atomic E-state index is -0.618. The number of likely N-dealkylation sites (N-methyl/N-ethyl adjacent to an activating group) is 1. The zero-order chi connectivity index (χ0) is 14.4. The van der Waals surface area contributed by atoms with Crippen LogP contribution < -0.4 is 0 Å². The molecule has 0 amide bonds. The van der Waals surface area contributed by atoms with Crippen molar-refractivity contribution < 1.29 is 9.53 Å². The highest BCUT2D eigenvalue weighted by Gasteiger charge is 2.31. The molecule has 0 spiro atoms. The highest BCUT2D eigenvalue weighted by Crippen LogP contribution is 2.30. The average molecular weight is 346 g/mol. The number of nitrogens with zero attached hydrogens (tertiary/aromatic N) is 3. The molecular weight excluding hydrogens is 330 g/mol. The van der Waals surface area contributed by atoms with Crippen LogP contribution in [0.4, 0.5) is 0 Å². The van der Waals surface area contributed by atoms with Gasteiger partial charge in [-0.15, -0.1) is 11.3 Å². The number of aromatic nitrogens is 1. The summed E-state index contributed by atoms with van der Waals surface area (Å²) >= 11 is 4.79. The Hall–Kier alpha value is -0.970. The summed E-state index contributed by atoms with van der Waals surface area (Å²) in [5.41, 5.74) is 0.660. The molecule has 0 aromatic carbocycles. The fourth-order valence-corrected chi connectivity index (χ4v) is 3.34. The number of halogens is 1. The molecule has 1 heterocycles. The normalized spacial score (nSPS) is 12.2. The first-order chi connectivity index (χ1) is 9.04. The molecule has 1 atom stereocenters. The molecule has 5 nitrogen and oxygen atoms in total. The summed E-state index contributed by atoms with van der Waals surface area (Å²) < 4.78 is 5.84. The Balaban J connectivity index is 3.15. The fraction of sp³-hybridized carbons (Fsp3) is 0.583. The number of aryl methyl sites for hydroxylation is 1. The van der Waals surface area contributed by atoms with Crippen LogP contribution in [0, 0.1) is 18.3 Å². The second-order valence-corrected chi connectivity index (χ2v) is 6.26. The number of hydrogen-bond donors (Lipinski definition) is 0. The topological polar surface area (TPSA) is 66.2 Å². The van der Waals surface area contributed by atoms with E-state index in [4.69, 9.17) is 10.00 Å². The van der Waals surface area contributed by atoms with Gasteiger partial charge >= 0.3 is 5.97 Å². The van der Waals surface area contributed by atoms with E-state index in [1.54, 1.807) is 11.8 Å². The van der Waals surface area contributed by atoms with Crippen LogP contribution in [0.15, 0.2) is 3.92 Å². The van der Waals surface area contributed by atoms with E-state index in [1.807, 2.05) is 13.8 Å². The molecule has 7 heteroatoms. The van der Waals surface area contributed by atoms with Crippen molar-refractivity contribution in [3.05, 3.63) is 14.5 Å². The minimum absolute atomic E-state index is 0.161. The largest absolute Gasteiger partial charge is 0.465 e. The smallest absolute Gasteiger partial charge is 0.329 e. The van der Waals surface area contributed by atoms with Gasteiger partial charge in [-0.2, -0.15) is 5.26 Å². The van der Waals surface area contributed by atoms with Gasteiger partial charge in [0.15, 0.2) is 9.96 Å². The molecule has 0 N–H and O–H groups in total. The lowest BCUT2D eigenvalue weighted by molar-refractivity contribution is -0.149. The van der Waals surface area contributed by atoms with Gasteiger partial charge in [0.1, 0.15) is 0 Å². The number of rotatable bonds is 6. The Labute approximate surface area is 125 Å². The van der Waals surface area contributed by atoms with Crippen LogP contribution in [0.3, 0.4) is 0 Å². The van der Waals surface area contributed by atoms with Gasteiger partial charge in [0.05, 0.1) is 24.9 Å². The van der Waals surface area contributed by atoms with E-state index in [2.05, 4.69) is 27.0 Å². The molecule has 0 aliphatic carbocycles. The van der Waals surface area contributed by atoms with Crippen LogP contribution >= 0.6 is 27.3 Å². The van der Waals surface area contributed by atoms with E-state index < -0.39 is 6.04 Å². The number of hydrogen-bond acceptors (Lipinski definition) is 6. The van der Waals surface area contributed by atoms with Gasteiger partial charge in [0, 0.05) is 4.88 Å². The second kappa shape index (κ2) is 7.58. The zero-order valence-electron chi connectivity index (χ0n) is 11.1.